The Morgan fingerprint density at radius 3 is 2.72 bits per heavy atom. The number of pyridine rings is 1. The van der Waals surface area contributed by atoms with E-state index in [-0.39, 0.29) is 5.78 Å². The lowest BCUT2D eigenvalue weighted by Gasteiger charge is -2.15. The molecule has 1 aromatic carbocycles. The summed E-state index contributed by atoms with van der Waals surface area (Å²) in [6.45, 7) is 0. The highest BCUT2D eigenvalue weighted by molar-refractivity contribution is 7.80. The molecule has 2 aliphatic rings. The number of carbonyl (C=O) groups is 1. The quantitative estimate of drug-likeness (QED) is 0.459. The molecule has 2 aromatic heterocycles. The van der Waals surface area contributed by atoms with Gasteiger partial charge in [-0.2, -0.15) is 0 Å². The van der Waals surface area contributed by atoms with Crippen molar-refractivity contribution >= 4 is 28.9 Å². The Kier molecular flexibility index (Phi) is 6.04. The number of hydrogen-bond acceptors (Lipinski definition) is 3. The summed E-state index contributed by atoms with van der Waals surface area (Å²) in [6, 6.07) is 14.8. The summed E-state index contributed by atoms with van der Waals surface area (Å²) < 4.78 is 0. The molecule has 1 fully saturated rings. The number of thiocarbonyl (C=S) groups is 1. The van der Waals surface area contributed by atoms with Crippen LogP contribution in [0.15, 0.2) is 48.7 Å². The molecule has 3 N–H and O–H groups in total. The van der Waals surface area contributed by atoms with Gasteiger partial charge < -0.3 is 15.6 Å². The summed E-state index contributed by atoms with van der Waals surface area (Å²) in [5, 5.41) is 7.27. The third-order valence-corrected chi connectivity index (χ3v) is 6.71. The number of Topliss-reactive ketones (excluding diaryl/α,β-unsaturated/α-hetero) is 1. The molecule has 5 rings (SSSR count). The third-order valence-electron chi connectivity index (χ3n) is 6.50. The van der Waals surface area contributed by atoms with Gasteiger partial charge in [-0.15, -0.1) is 0 Å². The molecule has 0 unspecified atom stereocenters. The van der Waals surface area contributed by atoms with Crippen molar-refractivity contribution < 1.29 is 4.79 Å². The van der Waals surface area contributed by atoms with Crippen molar-refractivity contribution in [2.45, 2.75) is 57.4 Å². The molecule has 3 aromatic rings. The number of benzene rings is 1. The van der Waals surface area contributed by atoms with Gasteiger partial charge in [0, 0.05) is 41.9 Å². The number of H-pyrrole nitrogens is 1. The first-order valence-electron chi connectivity index (χ1n) is 11.5. The van der Waals surface area contributed by atoms with E-state index < -0.39 is 0 Å². The molecule has 2 aliphatic carbocycles. The molecule has 2 heterocycles. The molecule has 0 radical (unpaired) electrons. The lowest BCUT2D eigenvalue weighted by atomic mass is 9.90. The Morgan fingerprint density at radius 1 is 1.09 bits per heavy atom. The number of aromatic amines is 1. The Morgan fingerprint density at radius 2 is 1.91 bits per heavy atom. The second kappa shape index (κ2) is 9.25. The molecular weight excluding hydrogens is 416 g/mol. The second-order valence-corrected chi connectivity index (χ2v) is 9.19. The molecule has 32 heavy (non-hydrogen) atoms. The van der Waals surface area contributed by atoms with E-state index >= 15 is 0 Å². The fourth-order valence-corrected chi connectivity index (χ4v) is 5.23. The van der Waals surface area contributed by atoms with Gasteiger partial charge in [0.2, 0.25) is 0 Å². The summed E-state index contributed by atoms with van der Waals surface area (Å²) in [4.78, 5) is 20.9. The van der Waals surface area contributed by atoms with Crippen LogP contribution in [-0.2, 0) is 12.8 Å². The summed E-state index contributed by atoms with van der Waals surface area (Å²) >= 11 is 5.52. The van der Waals surface area contributed by atoms with Crippen LogP contribution in [0.4, 0.5) is 5.82 Å². The maximum absolute atomic E-state index is 12.8. The average Bonchev–Trinajstić information content (AvgIpc) is 3.43. The fraction of sp³-hybridized carbons (Fsp3) is 0.346. The van der Waals surface area contributed by atoms with Crippen LogP contribution < -0.4 is 10.6 Å². The van der Waals surface area contributed by atoms with E-state index in [1.165, 1.54) is 31.2 Å². The number of fused-ring (bicyclic) bond motifs is 1. The highest BCUT2D eigenvalue weighted by Gasteiger charge is 2.26. The highest BCUT2D eigenvalue weighted by atomic mass is 32.1. The van der Waals surface area contributed by atoms with Crippen LogP contribution >= 0.6 is 12.2 Å². The molecule has 5 nitrogen and oxygen atoms in total. The summed E-state index contributed by atoms with van der Waals surface area (Å²) in [5.41, 5.74) is 6.25. The molecule has 0 spiro atoms. The lowest BCUT2D eigenvalue weighted by molar-refractivity contribution is 0.0971. The first-order valence-corrected chi connectivity index (χ1v) is 11.9. The monoisotopic (exact) mass is 444 g/mol. The molecule has 0 amide bonds. The first kappa shape index (κ1) is 20.9. The molecule has 164 valence electrons. The molecule has 0 saturated heterocycles. The minimum atomic E-state index is 0.244. The maximum Gasteiger partial charge on any atom is 0.172 e. The topological polar surface area (TPSA) is 69.8 Å². The van der Waals surface area contributed by atoms with E-state index in [4.69, 9.17) is 12.2 Å². The minimum Gasteiger partial charge on any atom is -0.360 e. The molecule has 0 atom stereocenters. The van der Waals surface area contributed by atoms with E-state index in [0.29, 0.717) is 23.4 Å². The summed E-state index contributed by atoms with van der Waals surface area (Å²) in [6.07, 6.45) is 9.80. The predicted molar refractivity (Wildman–Crippen MR) is 132 cm³/mol. The predicted octanol–water partition coefficient (Wildman–Crippen LogP) is 5.42. The van der Waals surface area contributed by atoms with Gasteiger partial charge in [-0.1, -0.05) is 43.2 Å². The number of aryl methyl sites for hydroxylation is 1. The van der Waals surface area contributed by atoms with Crippen LogP contribution in [-0.4, -0.2) is 26.9 Å². The molecule has 6 heteroatoms. The molecular formula is C26H28N4OS. The van der Waals surface area contributed by atoms with E-state index in [1.54, 1.807) is 6.20 Å². The number of rotatable bonds is 5. The SMILES string of the molecule is O=C1CCCc2[nH]c(-c3ccnc(NC(=S)NC4CCCC4)c3)c(Cc3ccccc3)c21. The minimum absolute atomic E-state index is 0.244. The zero-order valence-electron chi connectivity index (χ0n) is 18.1. The number of anilines is 1. The van der Waals surface area contributed by atoms with Crippen LogP contribution in [0.1, 0.15) is 65.7 Å². The summed E-state index contributed by atoms with van der Waals surface area (Å²) in [7, 11) is 0. The number of hydrogen-bond donors (Lipinski definition) is 3. The maximum atomic E-state index is 12.8. The zero-order chi connectivity index (χ0) is 21.9. The van der Waals surface area contributed by atoms with Gasteiger partial charge in [-0.25, -0.2) is 4.98 Å². The van der Waals surface area contributed by atoms with Crippen molar-refractivity contribution in [2.75, 3.05) is 5.32 Å². The molecule has 0 bridgehead atoms. The van der Waals surface area contributed by atoms with E-state index in [9.17, 15) is 4.79 Å². The lowest BCUT2D eigenvalue weighted by Crippen LogP contribution is -2.36. The van der Waals surface area contributed by atoms with Crippen molar-refractivity contribution in [3.63, 3.8) is 0 Å². The highest BCUT2D eigenvalue weighted by Crippen LogP contribution is 2.35. The molecule has 0 aliphatic heterocycles. The summed E-state index contributed by atoms with van der Waals surface area (Å²) in [5.74, 6) is 0.955. The van der Waals surface area contributed by atoms with Crippen LogP contribution in [0.3, 0.4) is 0 Å². The Balaban J connectivity index is 1.45. The van der Waals surface area contributed by atoms with Gasteiger partial charge in [0.15, 0.2) is 10.9 Å². The number of nitrogens with one attached hydrogen (secondary N) is 3. The van der Waals surface area contributed by atoms with Gasteiger partial charge >= 0.3 is 0 Å². The van der Waals surface area contributed by atoms with Crippen molar-refractivity contribution in [3.05, 3.63) is 71.0 Å². The smallest absolute Gasteiger partial charge is 0.172 e. The van der Waals surface area contributed by atoms with Crippen molar-refractivity contribution in [3.8, 4) is 11.3 Å². The van der Waals surface area contributed by atoms with Crippen LogP contribution in [0.2, 0.25) is 0 Å². The van der Waals surface area contributed by atoms with E-state index in [2.05, 4.69) is 32.7 Å². The fourth-order valence-electron chi connectivity index (χ4n) is 4.96. The number of ketones is 1. The average molecular weight is 445 g/mol. The standard InChI is InChI=1S/C26H28N4OS/c31-22-12-6-11-21-24(22)20(15-17-7-2-1-3-8-17)25(29-21)18-13-14-27-23(16-18)30-26(32)28-19-9-4-5-10-19/h1-3,7-8,13-14,16,19,29H,4-6,9-12,15H2,(H2,27,28,30,32). The second-order valence-electron chi connectivity index (χ2n) is 8.78. The third kappa shape index (κ3) is 4.46. The van der Waals surface area contributed by atoms with Crippen LogP contribution in [0, 0.1) is 0 Å². The van der Waals surface area contributed by atoms with Crippen LogP contribution in [0.5, 0.6) is 0 Å². The Labute approximate surface area is 194 Å². The first-order chi connectivity index (χ1) is 15.7. The van der Waals surface area contributed by atoms with Gasteiger partial charge in [-0.3, -0.25) is 4.79 Å². The number of nitrogens with zero attached hydrogens (tertiary/aromatic N) is 1. The molecule has 1 saturated carbocycles. The van der Waals surface area contributed by atoms with Gasteiger partial charge in [-0.05, 0) is 61.2 Å². The van der Waals surface area contributed by atoms with Gasteiger partial charge in [0.05, 0.1) is 5.69 Å². The van der Waals surface area contributed by atoms with Gasteiger partial charge in [0.25, 0.3) is 0 Å². The van der Waals surface area contributed by atoms with Gasteiger partial charge in [0.1, 0.15) is 5.82 Å². The van der Waals surface area contributed by atoms with Crippen molar-refractivity contribution in [2.24, 2.45) is 0 Å². The van der Waals surface area contributed by atoms with Crippen LogP contribution in [0.25, 0.3) is 11.3 Å². The Hall–Kier alpha value is -2.99. The normalized spacial score (nSPS) is 16.1. The van der Waals surface area contributed by atoms with E-state index in [1.807, 2.05) is 30.3 Å². The van der Waals surface area contributed by atoms with Crippen molar-refractivity contribution in [1.82, 2.24) is 15.3 Å². The largest absolute Gasteiger partial charge is 0.360 e. The zero-order valence-corrected chi connectivity index (χ0v) is 18.9. The Bertz CT molecular complexity index is 1130. The number of carbonyl (C=O) groups excluding carboxylic acids is 1. The number of aromatic nitrogens is 2. The van der Waals surface area contributed by atoms with Crippen molar-refractivity contribution in [1.29, 1.82) is 0 Å². The van der Waals surface area contributed by atoms with E-state index in [0.717, 1.165) is 47.3 Å².